The molecular weight excluding hydrogens is 459 g/mol. The molecule has 0 spiro atoms. The van der Waals surface area contributed by atoms with Crippen molar-refractivity contribution in [2.45, 2.75) is 19.8 Å². The van der Waals surface area contributed by atoms with Crippen LogP contribution in [0, 0.1) is 5.92 Å². The number of halogens is 2. The molecule has 0 unspecified atom stereocenters. The molecule has 4 rings (SSSR count). The average molecular weight is 483 g/mol. The maximum absolute atomic E-state index is 13.3. The van der Waals surface area contributed by atoms with Gasteiger partial charge in [0.15, 0.2) is 0 Å². The molecule has 5 nitrogen and oxygen atoms in total. The van der Waals surface area contributed by atoms with Crippen LogP contribution < -0.4 is 5.32 Å². The fraction of sp³-hybridized carbons (Fsp3) is 0.231. The first kappa shape index (κ1) is 23.1. The van der Waals surface area contributed by atoms with Crippen LogP contribution in [0.3, 0.4) is 0 Å². The van der Waals surface area contributed by atoms with Gasteiger partial charge in [-0.3, -0.25) is 9.59 Å². The number of furan rings is 1. The van der Waals surface area contributed by atoms with Gasteiger partial charge in [0.1, 0.15) is 17.2 Å². The summed E-state index contributed by atoms with van der Waals surface area (Å²) in [7, 11) is 0. The predicted octanol–water partition coefficient (Wildman–Crippen LogP) is 6.28. The second-order valence-corrected chi connectivity index (χ2v) is 9.02. The zero-order valence-electron chi connectivity index (χ0n) is 18.2. The van der Waals surface area contributed by atoms with Gasteiger partial charge in [0.05, 0.1) is 5.02 Å². The van der Waals surface area contributed by atoms with Crippen molar-refractivity contribution < 1.29 is 14.0 Å². The van der Waals surface area contributed by atoms with Crippen LogP contribution >= 0.6 is 23.2 Å². The average Bonchev–Trinajstić information content (AvgIpc) is 3.27. The zero-order chi connectivity index (χ0) is 23.4. The van der Waals surface area contributed by atoms with Gasteiger partial charge in [-0.05, 0) is 61.2 Å². The molecule has 0 saturated carbocycles. The number of rotatable bonds is 5. The Morgan fingerprint density at radius 1 is 1.03 bits per heavy atom. The van der Waals surface area contributed by atoms with E-state index in [0.717, 1.165) is 12.8 Å². The second-order valence-electron chi connectivity index (χ2n) is 8.18. The van der Waals surface area contributed by atoms with Crippen molar-refractivity contribution in [2.24, 2.45) is 5.92 Å². The molecule has 3 aromatic rings. The van der Waals surface area contributed by atoms with Crippen LogP contribution in [0.5, 0.6) is 0 Å². The summed E-state index contributed by atoms with van der Waals surface area (Å²) in [6.07, 6.45) is 3.44. The van der Waals surface area contributed by atoms with Crippen molar-refractivity contribution in [1.29, 1.82) is 0 Å². The molecule has 1 N–H and O–H groups in total. The van der Waals surface area contributed by atoms with Crippen molar-refractivity contribution in [3.05, 3.63) is 87.7 Å². The summed E-state index contributed by atoms with van der Waals surface area (Å²) < 4.78 is 5.94. The molecule has 0 atom stereocenters. The number of carbonyl (C=O) groups is 2. The molecule has 1 aromatic heterocycles. The fourth-order valence-corrected chi connectivity index (χ4v) is 4.23. The first-order valence-electron chi connectivity index (χ1n) is 10.8. The van der Waals surface area contributed by atoms with Gasteiger partial charge in [-0.2, -0.15) is 0 Å². The SMILES string of the molecule is CC1CCN(C(=O)C(=Cc2ccc(-c3ccc(Cl)cc3Cl)o2)NC(=O)c2ccccc2)CC1. The Balaban J connectivity index is 1.63. The predicted molar refractivity (Wildman–Crippen MR) is 131 cm³/mol. The normalized spacial score (nSPS) is 14.9. The number of hydrogen-bond donors (Lipinski definition) is 1. The number of benzene rings is 2. The van der Waals surface area contributed by atoms with Crippen molar-refractivity contribution in [3.63, 3.8) is 0 Å². The van der Waals surface area contributed by atoms with E-state index in [1.807, 2.05) is 6.07 Å². The molecule has 33 heavy (non-hydrogen) atoms. The molecule has 0 bridgehead atoms. The number of carbonyl (C=O) groups excluding carboxylic acids is 2. The quantitative estimate of drug-likeness (QED) is 0.435. The Morgan fingerprint density at radius 2 is 1.76 bits per heavy atom. The van der Waals surface area contributed by atoms with Crippen LogP contribution in [-0.2, 0) is 4.79 Å². The number of likely N-dealkylation sites (tertiary alicyclic amines) is 1. The fourth-order valence-electron chi connectivity index (χ4n) is 3.72. The van der Waals surface area contributed by atoms with E-state index in [4.69, 9.17) is 27.6 Å². The van der Waals surface area contributed by atoms with Crippen LogP contribution in [0.25, 0.3) is 17.4 Å². The summed E-state index contributed by atoms with van der Waals surface area (Å²) in [6.45, 7) is 3.49. The number of amides is 2. The van der Waals surface area contributed by atoms with Crippen LogP contribution in [-0.4, -0.2) is 29.8 Å². The van der Waals surface area contributed by atoms with Gasteiger partial charge >= 0.3 is 0 Å². The van der Waals surface area contributed by atoms with E-state index in [-0.39, 0.29) is 17.5 Å². The summed E-state index contributed by atoms with van der Waals surface area (Å²) in [5.41, 5.74) is 1.32. The summed E-state index contributed by atoms with van der Waals surface area (Å²) in [4.78, 5) is 27.9. The van der Waals surface area contributed by atoms with Gasteiger partial charge in [0.2, 0.25) is 0 Å². The van der Waals surface area contributed by atoms with E-state index < -0.39 is 0 Å². The van der Waals surface area contributed by atoms with Gasteiger partial charge in [-0.1, -0.05) is 48.3 Å². The lowest BCUT2D eigenvalue weighted by molar-refractivity contribution is -0.128. The first-order valence-corrected chi connectivity index (χ1v) is 11.6. The minimum atomic E-state index is -0.354. The molecule has 2 heterocycles. The summed E-state index contributed by atoms with van der Waals surface area (Å²) in [5, 5.41) is 3.78. The number of piperidine rings is 1. The van der Waals surface area contributed by atoms with Gasteiger partial charge in [0, 0.05) is 35.3 Å². The first-order chi connectivity index (χ1) is 15.9. The highest BCUT2D eigenvalue weighted by atomic mass is 35.5. The van der Waals surface area contributed by atoms with Crippen molar-refractivity contribution in [2.75, 3.05) is 13.1 Å². The third kappa shape index (κ3) is 5.67. The van der Waals surface area contributed by atoms with E-state index in [2.05, 4.69) is 12.2 Å². The van der Waals surface area contributed by atoms with Crippen molar-refractivity contribution in [1.82, 2.24) is 10.2 Å². The van der Waals surface area contributed by atoms with Crippen LogP contribution in [0.2, 0.25) is 10.0 Å². The smallest absolute Gasteiger partial charge is 0.270 e. The van der Waals surface area contributed by atoms with E-state index >= 15 is 0 Å². The molecule has 0 radical (unpaired) electrons. The minimum absolute atomic E-state index is 0.168. The second kappa shape index (κ2) is 10.3. The molecule has 2 aromatic carbocycles. The molecule has 1 aliphatic heterocycles. The van der Waals surface area contributed by atoms with E-state index in [1.54, 1.807) is 65.6 Å². The lowest BCUT2D eigenvalue weighted by atomic mass is 9.99. The van der Waals surface area contributed by atoms with Crippen LogP contribution in [0.1, 0.15) is 35.9 Å². The standard InChI is InChI=1S/C26H24Cl2N2O3/c1-17-11-13-30(14-12-17)26(32)23(29-25(31)18-5-3-2-4-6-18)16-20-8-10-24(33-20)21-9-7-19(27)15-22(21)28/h2-10,15-17H,11-14H2,1H3,(H,29,31). The topological polar surface area (TPSA) is 62.6 Å². The minimum Gasteiger partial charge on any atom is -0.457 e. The molecule has 0 aliphatic carbocycles. The number of nitrogens with zero attached hydrogens (tertiary/aromatic N) is 1. The van der Waals surface area contributed by atoms with Crippen LogP contribution in [0.4, 0.5) is 0 Å². The molecular formula is C26H24Cl2N2O3. The Labute approximate surface area is 203 Å². The van der Waals surface area contributed by atoms with E-state index in [0.29, 0.717) is 51.7 Å². The highest BCUT2D eigenvalue weighted by molar-refractivity contribution is 6.36. The van der Waals surface area contributed by atoms with Crippen molar-refractivity contribution in [3.8, 4) is 11.3 Å². The molecule has 1 fully saturated rings. The summed E-state index contributed by atoms with van der Waals surface area (Å²) >= 11 is 12.3. The van der Waals surface area contributed by atoms with Crippen molar-refractivity contribution >= 4 is 41.1 Å². The third-order valence-electron chi connectivity index (χ3n) is 5.70. The maximum Gasteiger partial charge on any atom is 0.270 e. The highest BCUT2D eigenvalue weighted by Crippen LogP contribution is 2.32. The van der Waals surface area contributed by atoms with E-state index in [1.165, 1.54) is 0 Å². The van der Waals surface area contributed by atoms with Gasteiger partial charge < -0.3 is 14.6 Å². The summed E-state index contributed by atoms with van der Waals surface area (Å²) in [5.74, 6) is 0.966. The Morgan fingerprint density at radius 3 is 2.45 bits per heavy atom. The number of nitrogens with one attached hydrogen (secondary N) is 1. The lowest BCUT2D eigenvalue weighted by Gasteiger charge is -2.31. The third-order valence-corrected chi connectivity index (χ3v) is 6.24. The Kier molecular flexibility index (Phi) is 7.21. The lowest BCUT2D eigenvalue weighted by Crippen LogP contribution is -2.42. The largest absolute Gasteiger partial charge is 0.457 e. The number of hydrogen-bond acceptors (Lipinski definition) is 3. The Hall–Kier alpha value is -3.02. The molecule has 170 valence electrons. The zero-order valence-corrected chi connectivity index (χ0v) is 19.7. The van der Waals surface area contributed by atoms with E-state index in [9.17, 15) is 9.59 Å². The highest BCUT2D eigenvalue weighted by Gasteiger charge is 2.25. The van der Waals surface area contributed by atoms with Gasteiger partial charge in [-0.15, -0.1) is 0 Å². The molecule has 1 saturated heterocycles. The summed E-state index contributed by atoms with van der Waals surface area (Å²) in [6, 6.07) is 17.4. The monoisotopic (exact) mass is 482 g/mol. The maximum atomic E-state index is 13.3. The van der Waals surface area contributed by atoms with Gasteiger partial charge in [-0.25, -0.2) is 0 Å². The molecule has 2 amide bonds. The van der Waals surface area contributed by atoms with Crippen LogP contribution in [0.15, 0.2) is 70.8 Å². The molecule has 7 heteroatoms. The molecule has 1 aliphatic rings. The van der Waals surface area contributed by atoms with Gasteiger partial charge in [0.25, 0.3) is 11.8 Å². The Bertz CT molecular complexity index is 1180.